The summed E-state index contributed by atoms with van der Waals surface area (Å²) in [5, 5.41) is 13.9. The van der Waals surface area contributed by atoms with Crippen molar-refractivity contribution in [3.8, 4) is 0 Å². The molecule has 120 valence electrons. The summed E-state index contributed by atoms with van der Waals surface area (Å²) in [5.74, 6) is -2.38. The highest BCUT2D eigenvalue weighted by Crippen LogP contribution is 2.28. The third-order valence-electron chi connectivity index (χ3n) is 3.31. The Morgan fingerprint density at radius 3 is 2.18 bits per heavy atom. The van der Waals surface area contributed by atoms with Gasteiger partial charge in [-0.3, -0.25) is 14.4 Å². The fourth-order valence-corrected chi connectivity index (χ4v) is 2.38. The van der Waals surface area contributed by atoms with Gasteiger partial charge in [-0.1, -0.05) is 44.2 Å². The average Bonchev–Trinajstić information content (AvgIpc) is 2.44. The summed E-state index contributed by atoms with van der Waals surface area (Å²) < 4.78 is 0. The minimum Gasteiger partial charge on any atom is -0.480 e. The fraction of sp³-hybridized carbons (Fsp3) is 0.438. The van der Waals surface area contributed by atoms with Crippen molar-refractivity contribution in [2.45, 2.75) is 26.8 Å². The molecule has 0 aliphatic carbocycles. The standard InChI is InChI=1S/C16H22N2O4/c1-10(2)14(16(22)17-9-13(20)21)15(18-11(3)19)12-7-5-4-6-8-12/h4-8,10,14-15H,9H2,1-3H3,(H,17,22)(H,18,19)(H,20,21). The Balaban J connectivity index is 3.07. The van der Waals surface area contributed by atoms with Crippen molar-refractivity contribution >= 4 is 17.8 Å². The molecule has 0 fully saturated rings. The van der Waals surface area contributed by atoms with E-state index < -0.39 is 24.5 Å². The first-order valence-electron chi connectivity index (χ1n) is 7.14. The average molecular weight is 306 g/mol. The molecule has 0 aromatic heterocycles. The Labute approximate surface area is 129 Å². The van der Waals surface area contributed by atoms with Gasteiger partial charge < -0.3 is 15.7 Å². The first-order chi connectivity index (χ1) is 10.3. The zero-order valence-electron chi connectivity index (χ0n) is 13.0. The van der Waals surface area contributed by atoms with Gasteiger partial charge in [-0.15, -0.1) is 0 Å². The Kier molecular flexibility index (Phi) is 6.56. The predicted octanol–water partition coefficient (Wildman–Crippen LogP) is 1.34. The zero-order chi connectivity index (χ0) is 16.7. The summed E-state index contributed by atoms with van der Waals surface area (Å²) >= 11 is 0. The highest BCUT2D eigenvalue weighted by molar-refractivity contribution is 5.84. The number of nitrogens with one attached hydrogen (secondary N) is 2. The topological polar surface area (TPSA) is 95.5 Å². The van der Waals surface area contributed by atoms with Crippen molar-refractivity contribution in [3.63, 3.8) is 0 Å². The molecule has 3 N–H and O–H groups in total. The number of carboxylic acid groups (broad SMARTS) is 1. The summed E-state index contributed by atoms with van der Waals surface area (Å²) in [4.78, 5) is 34.5. The number of rotatable bonds is 7. The molecular formula is C16H22N2O4. The lowest BCUT2D eigenvalue weighted by molar-refractivity contribution is -0.139. The molecular weight excluding hydrogens is 284 g/mol. The number of hydrogen-bond donors (Lipinski definition) is 3. The lowest BCUT2D eigenvalue weighted by Gasteiger charge is -2.30. The van der Waals surface area contributed by atoms with Crippen LogP contribution >= 0.6 is 0 Å². The van der Waals surface area contributed by atoms with E-state index >= 15 is 0 Å². The van der Waals surface area contributed by atoms with Crippen LogP contribution < -0.4 is 10.6 Å². The highest BCUT2D eigenvalue weighted by Gasteiger charge is 2.33. The van der Waals surface area contributed by atoms with Gasteiger partial charge in [-0.05, 0) is 11.5 Å². The van der Waals surface area contributed by atoms with Crippen molar-refractivity contribution in [1.82, 2.24) is 10.6 Å². The zero-order valence-corrected chi connectivity index (χ0v) is 13.0. The van der Waals surface area contributed by atoms with Crippen molar-refractivity contribution in [2.75, 3.05) is 6.54 Å². The number of aliphatic carboxylic acids is 1. The molecule has 6 nitrogen and oxygen atoms in total. The SMILES string of the molecule is CC(=O)NC(c1ccccc1)C(C(=O)NCC(=O)O)C(C)C. The van der Waals surface area contributed by atoms with E-state index in [1.54, 1.807) is 0 Å². The van der Waals surface area contributed by atoms with Crippen LogP contribution in [-0.4, -0.2) is 29.4 Å². The van der Waals surface area contributed by atoms with E-state index in [0.717, 1.165) is 5.56 Å². The first kappa shape index (κ1) is 17.7. The van der Waals surface area contributed by atoms with Crippen LogP contribution in [0.3, 0.4) is 0 Å². The maximum Gasteiger partial charge on any atom is 0.322 e. The molecule has 1 aromatic rings. The van der Waals surface area contributed by atoms with Gasteiger partial charge in [-0.2, -0.15) is 0 Å². The van der Waals surface area contributed by atoms with Gasteiger partial charge in [0.05, 0.1) is 12.0 Å². The predicted molar refractivity (Wildman–Crippen MR) is 82.0 cm³/mol. The Bertz CT molecular complexity index is 528. The van der Waals surface area contributed by atoms with E-state index in [4.69, 9.17) is 5.11 Å². The summed E-state index contributed by atoms with van der Waals surface area (Å²) in [5.41, 5.74) is 0.807. The van der Waals surface area contributed by atoms with Gasteiger partial charge in [0.1, 0.15) is 6.54 Å². The van der Waals surface area contributed by atoms with Crippen molar-refractivity contribution in [1.29, 1.82) is 0 Å². The second-order valence-corrected chi connectivity index (χ2v) is 5.47. The summed E-state index contributed by atoms with van der Waals surface area (Å²) in [6.45, 7) is 4.68. The molecule has 0 saturated carbocycles. The van der Waals surface area contributed by atoms with Crippen LogP contribution in [0.15, 0.2) is 30.3 Å². The van der Waals surface area contributed by atoms with Crippen LogP contribution in [0.4, 0.5) is 0 Å². The number of benzene rings is 1. The molecule has 1 aromatic carbocycles. The molecule has 0 aliphatic heterocycles. The second kappa shape index (κ2) is 8.17. The van der Waals surface area contributed by atoms with Gasteiger partial charge in [0.25, 0.3) is 0 Å². The van der Waals surface area contributed by atoms with Gasteiger partial charge >= 0.3 is 5.97 Å². The van der Waals surface area contributed by atoms with Crippen LogP contribution in [0.25, 0.3) is 0 Å². The van der Waals surface area contributed by atoms with E-state index in [2.05, 4.69) is 10.6 Å². The molecule has 2 atom stereocenters. The van der Waals surface area contributed by atoms with E-state index in [0.29, 0.717) is 0 Å². The largest absolute Gasteiger partial charge is 0.480 e. The summed E-state index contributed by atoms with van der Waals surface area (Å²) in [6.07, 6.45) is 0. The van der Waals surface area contributed by atoms with Gasteiger partial charge in [0.2, 0.25) is 11.8 Å². The third kappa shape index (κ3) is 5.20. The maximum absolute atomic E-state index is 12.4. The first-order valence-corrected chi connectivity index (χ1v) is 7.14. The van der Waals surface area contributed by atoms with E-state index in [1.807, 2.05) is 44.2 Å². The van der Waals surface area contributed by atoms with E-state index in [1.165, 1.54) is 6.92 Å². The molecule has 0 spiro atoms. The van der Waals surface area contributed by atoms with Crippen LogP contribution in [0.1, 0.15) is 32.4 Å². The number of carbonyl (C=O) groups is 3. The maximum atomic E-state index is 12.4. The van der Waals surface area contributed by atoms with Crippen LogP contribution in [0.5, 0.6) is 0 Å². The van der Waals surface area contributed by atoms with Crippen molar-refractivity contribution in [3.05, 3.63) is 35.9 Å². The molecule has 2 amide bonds. The number of carbonyl (C=O) groups excluding carboxylic acids is 2. The molecule has 0 bridgehead atoms. The minimum atomic E-state index is -1.10. The smallest absolute Gasteiger partial charge is 0.322 e. The molecule has 6 heteroatoms. The molecule has 0 saturated heterocycles. The number of hydrogen-bond acceptors (Lipinski definition) is 3. The second-order valence-electron chi connectivity index (χ2n) is 5.47. The molecule has 0 radical (unpaired) electrons. The van der Waals surface area contributed by atoms with Crippen LogP contribution in [-0.2, 0) is 14.4 Å². The van der Waals surface area contributed by atoms with E-state index in [9.17, 15) is 14.4 Å². The van der Waals surface area contributed by atoms with Crippen molar-refractivity contribution < 1.29 is 19.5 Å². The summed E-state index contributed by atoms with van der Waals surface area (Å²) in [7, 11) is 0. The fourth-order valence-electron chi connectivity index (χ4n) is 2.38. The molecule has 0 heterocycles. The monoisotopic (exact) mass is 306 g/mol. The third-order valence-corrected chi connectivity index (χ3v) is 3.31. The van der Waals surface area contributed by atoms with Gasteiger partial charge in [-0.25, -0.2) is 0 Å². The number of amides is 2. The van der Waals surface area contributed by atoms with E-state index in [-0.39, 0.29) is 17.7 Å². The molecule has 2 unspecified atom stereocenters. The van der Waals surface area contributed by atoms with Gasteiger partial charge in [0, 0.05) is 6.92 Å². The molecule has 0 aliphatic rings. The lowest BCUT2D eigenvalue weighted by Crippen LogP contribution is -2.44. The number of carboxylic acids is 1. The normalized spacial score (nSPS) is 13.3. The Hall–Kier alpha value is -2.37. The Morgan fingerprint density at radius 2 is 1.73 bits per heavy atom. The van der Waals surface area contributed by atoms with Gasteiger partial charge in [0.15, 0.2) is 0 Å². The van der Waals surface area contributed by atoms with Crippen LogP contribution in [0, 0.1) is 11.8 Å². The molecule has 1 rings (SSSR count). The Morgan fingerprint density at radius 1 is 1.14 bits per heavy atom. The highest BCUT2D eigenvalue weighted by atomic mass is 16.4. The lowest BCUT2D eigenvalue weighted by atomic mass is 9.83. The minimum absolute atomic E-state index is 0.0779. The van der Waals surface area contributed by atoms with Crippen molar-refractivity contribution in [2.24, 2.45) is 11.8 Å². The molecule has 22 heavy (non-hydrogen) atoms. The van der Waals surface area contributed by atoms with Crippen LogP contribution in [0.2, 0.25) is 0 Å². The quantitative estimate of drug-likeness (QED) is 0.708. The summed E-state index contributed by atoms with van der Waals surface area (Å²) in [6, 6.07) is 8.67.